The molecule has 3 heterocycles. The van der Waals surface area contributed by atoms with Crippen LogP contribution < -0.4 is 0 Å². The van der Waals surface area contributed by atoms with Gasteiger partial charge in [0.25, 0.3) is 0 Å². The first-order valence-corrected chi connectivity index (χ1v) is 14.1. The van der Waals surface area contributed by atoms with Crippen molar-refractivity contribution in [1.82, 2.24) is 24.6 Å². The summed E-state index contributed by atoms with van der Waals surface area (Å²) in [6.45, 7) is 3.01. The van der Waals surface area contributed by atoms with E-state index >= 15 is 0 Å². The zero-order chi connectivity index (χ0) is 26.4. The van der Waals surface area contributed by atoms with Crippen LogP contribution in [0.5, 0.6) is 0 Å². The molecule has 0 saturated carbocycles. The number of carbonyl (C=O) groups is 1. The summed E-state index contributed by atoms with van der Waals surface area (Å²) in [6.07, 6.45) is 1.62. The molecule has 1 saturated heterocycles. The number of benzene rings is 3. The van der Waals surface area contributed by atoms with E-state index in [1.54, 1.807) is 6.26 Å². The van der Waals surface area contributed by atoms with Crippen molar-refractivity contribution in [2.24, 2.45) is 0 Å². The van der Waals surface area contributed by atoms with Crippen LogP contribution in [0.2, 0.25) is 0 Å². The minimum absolute atomic E-state index is 0.109. The fraction of sp³-hybridized carbons (Fsp3) is 0.194. The van der Waals surface area contributed by atoms with E-state index in [2.05, 4.69) is 75.8 Å². The van der Waals surface area contributed by atoms with E-state index in [4.69, 9.17) is 4.42 Å². The van der Waals surface area contributed by atoms with E-state index in [0.717, 1.165) is 18.8 Å². The molecule has 0 bridgehead atoms. The third-order valence-electron chi connectivity index (χ3n) is 6.98. The van der Waals surface area contributed by atoms with Gasteiger partial charge in [0.15, 0.2) is 10.9 Å². The predicted octanol–water partition coefficient (Wildman–Crippen LogP) is 5.55. The van der Waals surface area contributed by atoms with E-state index in [1.165, 1.54) is 22.9 Å². The normalized spacial score (nSPS) is 14.1. The minimum Gasteiger partial charge on any atom is -0.461 e. The molecule has 1 amide bonds. The van der Waals surface area contributed by atoms with Gasteiger partial charge in [-0.15, -0.1) is 10.2 Å². The van der Waals surface area contributed by atoms with Crippen LogP contribution >= 0.6 is 11.8 Å². The summed E-state index contributed by atoms with van der Waals surface area (Å²) in [5, 5.41) is 9.44. The highest BCUT2D eigenvalue weighted by Gasteiger charge is 2.28. The molecule has 0 atom stereocenters. The summed E-state index contributed by atoms with van der Waals surface area (Å²) < 4.78 is 7.54. The van der Waals surface area contributed by atoms with Crippen molar-refractivity contribution in [1.29, 1.82) is 0 Å². The Morgan fingerprint density at radius 3 is 1.97 bits per heavy atom. The van der Waals surface area contributed by atoms with Crippen LogP contribution in [0.3, 0.4) is 0 Å². The molecule has 1 fully saturated rings. The van der Waals surface area contributed by atoms with Crippen molar-refractivity contribution in [3.8, 4) is 17.3 Å². The van der Waals surface area contributed by atoms with Gasteiger partial charge in [-0.1, -0.05) is 90.6 Å². The lowest BCUT2D eigenvalue weighted by Gasteiger charge is -2.39. The number of thioether (sulfide) groups is 1. The molecule has 8 heteroatoms. The molecule has 5 aromatic rings. The van der Waals surface area contributed by atoms with Crippen LogP contribution in [-0.2, 0) is 4.79 Å². The number of aromatic nitrogens is 3. The first-order chi connectivity index (χ1) is 19.3. The van der Waals surface area contributed by atoms with Gasteiger partial charge in [-0.25, -0.2) is 0 Å². The average molecular weight is 536 g/mol. The Balaban J connectivity index is 1.14. The second-order valence-electron chi connectivity index (χ2n) is 9.38. The number of piperazine rings is 1. The van der Waals surface area contributed by atoms with E-state index in [-0.39, 0.29) is 11.9 Å². The molecule has 39 heavy (non-hydrogen) atoms. The Morgan fingerprint density at radius 1 is 0.769 bits per heavy atom. The Bertz CT molecular complexity index is 1440. The van der Waals surface area contributed by atoms with Crippen molar-refractivity contribution in [3.63, 3.8) is 0 Å². The third kappa shape index (κ3) is 5.53. The van der Waals surface area contributed by atoms with E-state index in [1.807, 2.05) is 51.9 Å². The van der Waals surface area contributed by atoms with Crippen LogP contribution in [0.15, 0.2) is 119 Å². The second-order valence-corrected chi connectivity index (χ2v) is 10.3. The quantitative estimate of drug-likeness (QED) is 0.243. The SMILES string of the molecule is O=C(CSc1nnc(-c2ccco2)n1-c1ccccc1)N1CCN(C(c2ccccc2)c2ccccc2)CC1. The van der Waals surface area contributed by atoms with Crippen molar-refractivity contribution >= 4 is 17.7 Å². The van der Waals surface area contributed by atoms with Gasteiger partial charge >= 0.3 is 0 Å². The van der Waals surface area contributed by atoms with Gasteiger partial charge in [-0.05, 0) is 35.4 Å². The minimum atomic E-state index is 0.109. The topological polar surface area (TPSA) is 67.4 Å². The lowest BCUT2D eigenvalue weighted by atomic mass is 9.96. The summed E-state index contributed by atoms with van der Waals surface area (Å²) in [7, 11) is 0. The first kappa shape index (κ1) is 25.2. The molecule has 196 valence electrons. The molecule has 2 aromatic heterocycles. The number of para-hydroxylation sites is 1. The molecular formula is C31H29N5O2S. The van der Waals surface area contributed by atoms with Gasteiger partial charge < -0.3 is 9.32 Å². The molecule has 1 aliphatic rings. The van der Waals surface area contributed by atoms with Crippen molar-refractivity contribution < 1.29 is 9.21 Å². The molecule has 0 spiro atoms. The number of furan rings is 1. The summed E-state index contributed by atoms with van der Waals surface area (Å²) in [4.78, 5) is 17.7. The predicted molar refractivity (Wildman–Crippen MR) is 153 cm³/mol. The van der Waals surface area contributed by atoms with Crippen molar-refractivity contribution in [2.45, 2.75) is 11.2 Å². The molecule has 0 radical (unpaired) electrons. The summed E-state index contributed by atoms with van der Waals surface area (Å²) in [5.41, 5.74) is 3.46. The Morgan fingerprint density at radius 2 is 1.38 bits per heavy atom. The Labute approximate surface area is 232 Å². The smallest absolute Gasteiger partial charge is 0.233 e. The monoisotopic (exact) mass is 535 g/mol. The standard InChI is InChI=1S/C31H29N5O2S/c37-28(23-39-31-33-32-30(27-17-10-22-38-27)36(31)26-15-8-3-9-16-26)34-18-20-35(21-19-34)29(24-11-4-1-5-12-24)25-13-6-2-7-14-25/h1-17,22,29H,18-21,23H2. The van der Waals surface area contributed by atoms with E-state index in [9.17, 15) is 4.79 Å². The van der Waals surface area contributed by atoms with Crippen molar-refractivity contribution in [3.05, 3.63) is 121 Å². The van der Waals surface area contributed by atoms with Gasteiger partial charge in [0.2, 0.25) is 11.7 Å². The summed E-state index contributed by atoms with van der Waals surface area (Å²) >= 11 is 1.41. The molecule has 0 unspecified atom stereocenters. The van der Waals surface area contributed by atoms with Gasteiger partial charge in [0, 0.05) is 31.9 Å². The molecular weight excluding hydrogens is 506 g/mol. The molecule has 6 rings (SSSR count). The lowest BCUT2D eigenvalue weighted by Crippen LogP contribution is -2.50. The number of carbonyl (C=O) groups excluding carboxylic acids is 1. The second kappa shape index (κ2) is 11.7. The fourth-order valence-electron chi connectivity index (χ4n) is 5.07. The number of hydrogen-bond acceptors (Lipinski definition) is 6. The van der Waals surface area contributed by atoms with Gasteiger partial charge in [-0.3, -0.25) is 14.3 Å². The zero-order valence-corrected chi connectivity index (χ0v) is 22.3. The van der Waals surface area contributed by atoms with Gasteiger partial charge in [0.05, 0.1) is 18.1 Å². The maximum Gasteiger partial charge on any atom is 0.233 e. The summed E-state index contributed by atoms with van der Waals surface area (Å²) in [6, 6.07) is 35.0. The van der Waals surface area contributed by atoms with E-state index in [0.29, 0.717) is 35.6 Å². The van der Waals surface area contributed by atoms with Crippen LogP contribution in [-0.4, -0.2) is 62.4 Å². The maximum atomic E-state index is 13.3. The third-order valence-corrected chi connectivity index (χ3v) is 7.89. The number of nitrogens with zero attached hydrogens (tertiary/aromatic N) is 5. The largest absolute Gasteiger partial charge is 0.461 e. The highest BCUT2D eigenvalue weighted by Crippen LogP contribution is 2.31. The highest BCUT2D eigenvalue weighted by atomic mass is 32.2. The van der Waals surface area contributed by atoms with Crippen LogP contribution in [0, 0.1) is 0 Å². The molecule has 3 aromatic carbocycles. The van der Waals surface area contributed by atoms with E-state index < -0.39 is 0 Å². The van der Waals surface area contributed by atoms with Crippen molar-refractivity contribution in [2.75, 3.05) is 31.9 Å². The number of hydrogen-bond donors (Lipinski definition) is 0. The molecule has 0 N–H and O–H groups in total. The van der Waals surface area contributed by atoms with Gasteiger partial charge in [0.1, 0.15) is 0 Å². The van der Waals surface area contributed by atoms with Crippen LogP contribution in [0.1, 0.15) is 17.2 Å². The lowest BCUT2D eigenvalue weighted by molar-refractivity contribution is -0.130. The highest BCUT2D eigenvalue weighted by molar-refractivity contribution is 7.99. The zero-order valence-electron chi connectivity index (χ0n) is 21.5. The average Bonchev–Trinajstić information content (AvgIpc) is 3.68. The Kier molecular flexibility index (Phi) is 7.56. The molecule has 1 aliphatic heterocycles. The number of amides is 1. The first-order valence-electron chi connectivity index (χ1n) is 13.1. The summed E-state index contributed by atoms with van der Waals surface area (Å²) in [5.74, 6) is 1.65. The van der Waals surface area contributed by atoms with Gasteiger partial charge in [-0.2, -0.15) is 0 Å². The molecule has 7 nitrogen and oxygen atoms in total. The number of rotatable bonds is 8. The van der Waals surface area contributed by atoms with Crippen LogP contribution in [0.25, 0.3) is 17.3 Å². The Hall–Kier alpha value is -4.14. The molecule has 0 aliphatic carbocycles. The fourth-order valence-corrected chi connectivity index (χ4v) is 5.93. The maximum absolute atomic E-state index is 13.3. The van der Waals surface area contributed by atoms with Crippen LogP contribution in [0.4, 0.5) is 0 Å².